The Morgan fingerprint density at radius 1 is 1.06 bits per heavy atom. The largest absolute Gasteiger partial charge is 0.319 e. The molecule has 158 valence electrons. The summed E-state index contributed by atoms with van der Waals surface area (Å²) in [5, 5.41) is 2.27. The van der Waals surface area contributed by atoms with Crippen LogP contribution in [-0.4, -0.2) is 36.3 Å². The van der Waals surface area contributed by atoms with Crippen LogP contribution in [0.2, 0.25) is 0 Å². The Hall–Kier alpha value is -2.81. The highest BCUT2D eigenvalue weighted by molar-refractivity contribution is 7.89. The number of sulfonamides is 1. The lowest BCUT2D eigenvalue weighted by Crippen LogP contribution is -2.28. The van der Waals surface area contributed by atoms with E-state index < -0.39 is 15.9 Å². The van der Waals surface area contributed by atoms with Crippen LogP contribution >= 0.6 is 11.3 Å². The molecule has 0 aliphatic heterocycles. The van der Waals surface area contributed by atoms with Crippen molar-refractivity contribution in [3.05, 3.63) is 71.0 Å². The van der Waals surface area contributed by atoms with Crippen molar-refractivity contribution >= 4 is 48.3 Å². The molecule has 3 aromatic carbocycles. The molecule has 8 heteroatoms. The minimum Gasteiger partial charge on any atom is -0.319 e. The van der Waals surface area contributed by atoms with Crippen LogP contribution < -0.4 is 4.80 Å². The lowest BCUT2D eigenvalue weighted by atomic mass is 10.1. The molecule has 5 rings (SSSR count). The number of benzene rings is 3. The van der Waals surface area contributed by atoms with Gasteiger partial charge in [0.25, 0.3) is 5.91 Å². The third kappa shape index (κ3) is 3.50. The molecule has 0 atom stereocenters. The van der Waals surface area contributed by atoms with Crippen LogP contribution in [0.25, 0.3) is 21.0 Å². The zero-order valence-electron chi connectivity index (χ0n) is 17.1. The van der Waals surface area contributed by atoms with Crippen molar-refractivity contribution in [2.45, 2.75) is 23.8 Å². The van der Waals surface area contributed by atoms with E-state index in [1.165, 1.54) is 39.9 Å². The van der Waals surface area contributed by atoms with E-state index in [0.717, 1.165) is 33.8 Å². The Morgan fingerprint density at radius 3 is 2.48 bits per heavy atom. The molecule has 6 nitrogen and oxygen atoms in total. The van der Waals surface area contributed by atoms with Crippen LogP contribution in [0.1, 0.15) is 23.2 Å². The first-order chi connectivity index (χ1) is 14.9. The van der Waals surface area contributed by atoms with Crippen molar-refractivity contribution < 1.29 is 13.2 Å². The second-order valence-electron chi connectivity index (χ2n) is 7.77. The van der Waals surface area contributed by atoms with Gasteiger partial charge in [-0.3, -0.25) is 4.79 Å². The summed E-state index contributed by atoms with van der Waals surface area (Å²) in [6.45, 7) is 0. The quantitative estimate of drug-likeness (QED) is 0.472. The molecule has 1 saturated carbocycles. The van der Waals surface area contributed by atoms with E-state index in [4.69, 9.17) is 0 Å². The first kappa shape index (κ1) is 20.1. The lowest BCUT2D eigenvalue weighted by Gasteiger charge is -2.16. The summed E-state index contributed by atoms with van der Waals surface area (Å²) in [5.41, 5.74) is 1.37. The zero-order chi connectivity index (χ0) is 21.8. The molecule has 1 heterocycles. The predicted octanol–water partition coefficient (Wildman–Crippen LogP) is 3.92. The molecular weight excluding hydrogens is 430 g/mol. The normalized spacial score (nSPS) is 15.3. The smallest absolute Gasteiger partial charge is 0.279 e. The molecular formula is C23H21N3O3S2. The fraction of sp³-hybridized carbons (Fsp3) is 0.217. The van der Waals surface area contributed by atoms with Crippen molar-refractivity contribution in [2.75, 3.05) is 7.05 Å². The molecule has 31 heavy (non-hydrogen) atoms. The second-order valence-corrected chi connectivity index (χ2v) is 10.7. The third-order valence-corrected chi connectivity index (χ3v) is 8.84. The van der Waals surface area contributed by atoms with E-state index in [1.54, 1.807) is 7.05 Å². The average Bonchev–Trinajstić information content (AvgIpc) is 3.58. The van der Waals surface area contributed by atoms with E-state index in [1.807, 2.05) is 29.8 Å². The third-order valence-electron chi connectivity index (χ3n) is 5.74. The number of carbonyl (C=O) groups excluding carboxylic acids is 1. The van der Waals surface area contributed by atoms with E-state index in [2.05, 4.69) is 23.2 Å². The van der Waals surface area contributed by atoms with Crippen LogP contribution in [0.5, 0.6) is 0 Å². The topological polar surface area (TPSA) is 71.7 Å². The van der Waals surface area contributed by atoms with Gasteiger partial charge in [-0.25, -0.2) is 8.42 Å². The molecule has 1 fully saturated rings. The predicted molar refractivity (Wildman–Crippen MR) is 123 cm³/mol. The van der Waals surface area contributed by atoms with Gasteiger partial charge in [0.1, 0.15) is 0 Å². The molecule has 0 N–H and O–H groups in total. The highest BCUT2D eigenvalue weighted by Crippen LogP contribution is 2.30. The minimum atomic E-state index is -3.53. The fourth-order valence-corrected chi connectivity index (χ4v) is 6.25. The van der Waals surface area contributed by atoms with Crippen molar-refractivity contribution in [3.63, 3.8) is 0 Å². The van der Waals surface area contributed by atoms with Gasteiger partial charge in [-0.05, 0) is 48.6 Å². The number of thiazole rings is 1. The van der Waals surface area contributed by atoms with Crippen molar-refractivity contribution in [1.29, 1.82) is 0 Å². The van der Waals surface area contributed by atoms with Gasteiger partial charge in [0.2, 0.25) is 10.0 Å². The molecule has 0 unspecified atom stereocenters. The van der Waals surface area contributed by atoms with Crippen molar-refractivity contribution in [2.24, 2.45) is 12.0 Å². The summed E-state index contributed by atoms with van der Waals surface area (Å²) < 4.78 is 29.7. The minimum absolute atomic E-state index is 0.0883. The number of carbonyl (C=O) groups is 1. The summed E-state index contributed by atoms with van der Waals surface area (Å²) in [7, 11) is -0.0369. The molecule has 0 radical (unpaired) electrons. The van der Waals surface area contributed by atoms with Crippen molar-refractivity contribution in [1.82, 2.24) is 8.87 Å². The van der Waals surface area contributed by atoms with Gasteiger partial charge >= 0.3 is 0 Å². The zero-order valence-corrected chi connectivity index (χ0v) is 18.8. The monoisotopic (exact) mass is 451 g/mol. The number of hydrogen-bond donors (Lipinski definition) is 0. The summed E-state index contributed by atoms with van der Waals surface area (Å²) in [6, 6.07) is 18.3. The summed E-state index contributed by atoms with van der Waals surface area (Å²) >= 11 is 1.47. The summed E-state index contributed by atoms with van der Waals surface area (Å²) in [4.78, 5) is 17.9. The van der Waals surface area contributed by atoms with Crippen LogP contribution in [0.15, 0.2) is 70.6 Å². The molecule has 4 aromatic rings. The van der Waals surface area contributed by atoms with Crippen LogP contribution in [-0.2, 0) is 17.1 Å². The van der Waals surface area contributed by atoms with Gasteiger partial charge in [-0.2, -0.15) is 9.30 Å². The van der Waals surface area contributed by atoms with Gasteiger partial charge in [0.15, 0.2) is 4.80 Å². The second kappa shape index (κ2) is 7.40. The highest BCUT2D eigenvalue weighted by atomic mass is 32.2. The van der Waals surface area contributed by atoms with Crippen molar-refractivity contribution in [3.8, 4) is 0 Å². The van der Waals surface area contributed by atoms with E-state index in [0.29, 0.717) is 10.4 Å². The van der Waals surface area contributed by atoms with Gasteiger partial charge < -0.3 is 4.57 Å². The Bertz CT molecular complexity index is 1490. The Morgan fingerprint density at radius 2 is 1.77 bits per heavy atom. The Labute approximate surface area is 184 Å². The number of rotatable bonds is 4. The first-order valence-electron chi connectivity index (χ1n) is 10.0. The number of aromatic nitrogens is 1. The molecule has 0 spiro atoms. The number of amides is 1. The van der Waals surface area contributed by atoms with Gasteiger partial charge in [0, 0.05) is 31.1 Å². The Balaban J connectivity index is 1.50. The van der Waals surface area contributed by atoms with E-state index in [9.17, 15) is 13.2 Å². The summed E-state index contributed by atoms with van der Waals surface area (Å²) in [5.74, 6) is -0.397. The fourth-order valence-electron chi connectivity index (χ4n) is 3.69. The molecule has 1 aliphatic carbocycles. The number of hydrogen-bond acceptors (Lipinski definition) is 4. The number of aryl methyl sites for hydroxylation is 1. The van der Waals surface area contributed by atoms with Crippen LogP contribution in [0.3, 0.4) is 0 Å². The average molecular weight is 452 g/mol. The van der Waals surface area contributed by atoms with Crippen LogP contribution in [0, 0.1) is 0 Å². The standard InChI is InChI=1S/C23H21N3O3S2/c1-25-20-14-9-15-5-3-4-6-19(15)21(20)30-23(25)24-22(27)16-7-12-18(13-8-16)31(28,29)26(2)17-10-11-17/h3-9,12-14,17H,10-11H2,1-2H3. The maximum atomic E-state index is 12.8. The SMILES string of the molecule is CN(C1CC1)S(=O)(=O)c1ccc(C(=O)N=c2sc3c4ccccc4ccc3n2C)cc1. The maximum absolute atomic E-state index is 12.8. The number of fused-ring (bicyclic) bond motifs is 3. The van der Waals surface area contributed by atoms with E-state index in [-0.39, 0.29) is 10.9 Å². The van der Waals surface area contributed by atoms with Crippen LogP contribution in [0.4, 0.5) is 0 Å². The first-order valence-corrected chi connectivity index (χ1v) is 12.3. The maximum Gasteiger partial charge on any atom is 0.279 e. The Kier molecular flexibility index (Phi) is 4.80. The molecule has 1 aliphatic rings. The lowest BCUT2D eigenvalue weighted by molar-refractivity contribution is 0.0998. The number of nitrogens with zero attached hydrogens (tertiary/aromatic N) is 3. The van der Waals surface area contributed by atoms with Gasteiger partial charge in [-0.15, -0.1) is 0 Å². The van der Waals surface area contributed by atoms with Gasteiger partial charge in [0.05, 0.1) is 15.1 Å². The highest BCUT2D eigenvalue weighted by Gasteiger charge is 2.35. The molecule has 0 saturated heterocycles. The van der Waals surface area contributed by atoms with E-state index >= 15 is 0 Å². The summed E-state index contributed by atoms with van der Waals surface area (Å²) in [6.07, 6.45) is 1.79. The molecule has 1 aromatic heterocycles. The van der Waals surface area contributed by atoms with Gasteiger partial charge in [-0.1, -0.05) is 41.7 Å². The molecule has 0 bridgehead atoms. The molecule has 1 amide bonds.